The molecular formula is C30H34N4O5S. The van der Waals surface area contributed by atoms with Gasteiger partial charge in [-0.2, -0.15) is 0 Å². The first-order valence-corrected chi connectivity index (χ1v) is 13.2. The fourth-order valence-electron chi connectivity index (χ4n) is 4.57. The van der Waals surface area contributed by atoms with Gasteiger partial charge in [-0.05, 0) is 84.9 Å². The topological polar surface area (TPSA) is 83.6 Å². The van der Waals surface area contributed by atoms with E-state index in [0.29, 0.717) is 46.7 Å². The van der Waals surface area contributed by atoms with Crippen LogP contribution in [0.25, 0.3) is 0 Å². The van der Waals surface area contributed by atoms with Crippen LogP contribution < -0.4 is 29.3 Å². The van der Waals surface area contributed by atoms with E-state index in [1.807, 2.05) is 66.4 Å². The molecule has 1 saturated heterocycles. The standard InChI is InChI=1S/C30H34N4O5S/c1-32(2)22-9-11-23(12-10-22)34-29(36)25(19-28(35)31-21-7-13-24(37-3)14-8-21)33(30(34)40)17-16-20-6-15-26(38-4)27(18-20)39-5/h6-15,18,25H,16-17,19H2,1-5H3,(H,31,35)/t25-/m1/s1. The monoisotopic (exact) mass is 562 g/mol. The molecule has 0 aromatic heterocycles. The molecule has 0 aliphatic carbocycles. The smallest absolute Gasteiger partial charge is 0.256 e. The number of nitrogens with zero attached hydrogens (tertiary/aromatic N) is 3. The zero-order valence-electron chi connectivity index (χ0n) is 23.3. The number of carbonyl (C=O) groups is 2. The molecule has 40 heavy (non-hydrogen) atoms. The van der Waals surface area contributed by atoms with Gasteiger partial charge in [0.05, 0.1) is 33.4 Å². The Hall–Kier alpha value is -4.31. The number of ether oxygens (including phenoxy) is 3. The summed E-state index contributed by atoms with van der Waals surface area (Å²) in [5, 5.41) is 3.25. The van der Waals surface area contributed by atoms with Gasteiger partial charge >= 0.3 is 0 Å². The van der Waals surface area contributed by atoms with Crippen molar-refractivity contribution in [1.29, 1.82) is 0 Å². The molecule has 4 rings (SSSR count). The van der Waals surface area contributed by atoms with Crippen molar-refractivity contribution in [3.63, 3.8) is 0 Å². The van der Waals surface area contributed by atoms with Crippen LogP contribution in [0.4, 0.5) is 17.1 Å². The summed E-state index contributed by atoms with van der Waals surface area (Å²) in [6.07, 6.45) is 0.529. The Balaban J connectivity index is 1.56. The maximum Gasteiger partial charge on any atom is 0.256 e. The number of amides is 2. The maximum absolute atomic E-state index is 13.8. The molecule has 0 spiro atoms. The number of anilines is 3. The molecule has 0 saturated carbocycles. The van der Waals surface area contributed by atoms with Gasteiger partial charge in [-0.15, -0.1) is 0 Å². The number of carbonyl (C=O) groups excluding carboxylic acids is 2. The van der Waals surface area contributed by atoms with Crippen molar-refractivity contribution in [2.75, 3.05) is 57.1 Å². The lowest BCUT2D eigenvalue weighted by Gasteiger charge is -2.24. The molecule has 1 fully saturated rings. The highest BCUT2D eigenvalue weighted by Gasteiger charge is 2.44. The van der Waals surface area contributed by atoms with Gasteiger partial charge in [0, 0.05) is 32.0 Å². The fourth-order valence-corrected chi connectivity index (χ4v) is 4.99. The zero-order valence-corrected chi connectivity index (χ0v) is 24.2. The maximum atomic E-state index is 13.8. The second kappa shape index (κ2) is 12.7. The second-order valence-corrected chi connectivity index (χ2v) is 9.86. The van der Waals surface area contributed by atoms with Crippen molar-refractivity contribution in [3.8, 4) is 17.2 Å². The SMILES string of the molecule is COc1ccc(NC(=O)C[C@@H]2C(=O)N(c3ccc(N(C)C)cc3)C(=S)N2CCc2ccc(OC)c(OC)c2)cc1. The number of hydrogen-bond acceptors (Lipinski definition) is 7. The average Bonchev–Trinajstić information content (AvgIpc) is 3.19. The van der Waals surface area contributed by atoms with Crippen LogP contribution in [0, 0.1) is 0 Å². The number of rotatable bonds is 11. The summed E-state index contributed by atoms with van der Waals surface area (Å²) in [7, 11) is 8.67. The minimum absolute atomic E-state index is 0.0524. The van der Waals surface area contributed by atoms with E-state index in [0.717, 1.165) is 11.3 Å². The molecule has 2 amide bonds. The lowest BCUT2D eigenvalue weighted by atomic mass is 10.1. The van der Waals surface area contributed by atoms with E-state index < -0.39 is 6.04 Å². The Morgan fingerprint density at radius 1 is 0.925 bits per heavy atom. The van der Waals surface area contributed by atoms with Crippen LogP contribution in [0.5, 0.6) is 17.2 Å². The van der Waals surface area contributed by atoms with Gasteiger partial charge in [0.15, 0.2) is 16.6 Å². The molecule has 1 N–H and O–H groups in total. The minimum Gasteiger partial charge on any atom is -0.497 e. The van der Waals surface area contributed by atoms with E-state index >= 15 is 0 Å². The predicted octanol–water partition coefficient (Wildman–Crippen LogP) is 4.35. The normalized spacial score (nSPS) is 14.8. The van der Waals surface area contributed by atoms with E-state index in [-0.39, 0.29) is 18.2 Å². The molecule has 9 nitrogen and oxygen atoms in total. The summed E-state index contributed by atoms with van der Waals surface area (Å²) in [6.45, 7) is 0.437. The number of hydrogen-bond donors (Lipinski definition) is 1. The summed E-state index contributed by atoms with van der Waals surface area (Å²) in [6, 6.07) is 19.6. The Kier molecular flexibility index (Phi) is 9.11. The van der Waals surface area contributed by atoms with Crippen LogP contribution in [0.3, 0.4) is 0 Å². The Labute approximate surface area is 240 Å². The van der Waals surface area contributed by atoms with Crippen molar-refractivity contribution in [2.45, 2.75) is 18.9 Å². The van der Waals surface area contributed by atoms with E-state index in [4.69, 9.17) is 26.4 Å². The molecule has 1 atom stereocenters. The Bertz CT molecular complexity index is 1360. The fraction of sp³-hybridized carbons (Fsp3) is 0.300. The van der Waals surface area contributed by atoms with Crippen LogP contribution in [0.2, 0.25) is 0 Å². The zero-order chi connectivity index (χ0) is 28.8. The third kappa shape index (κ3) is 6.28. The van der Waals surface area contributed by atoms with Crippen LogP contribution in [0.1, 0.15) is 12.0 Å². The van der Waals surface area contributed by atoms with Crippen LogP contribution in [0.15, 0.2) is 66.7 Å². The number of benzene rings is 3. The minimum atomic E-state index is -0.751. The summed E-state index contributed by atoms with van der Waals surface area (Å²) in [5.41, 5.74) is 3.27. The highest BCUT2D eigenvalue weighted by Crippen LogP contribution is 2.31. The first-order valence-electron chi connectivity index (χ1n) is 12.8. The molecule has 0 unspecified atom stereocenters. The molecule has 3 aromatic carbocycles. The highest BCUT2D eigenvalue weighted by atomic mass is 32.1. The molecular weight excluding hydrogens is 528 g/mol. The van der Waals surface area contributed by atoms with Gasteiger partial charge in [-0.1, -0.05) is 6.07 Å². The van der Waals surface area contributed by atoms with Crippen LogP contribution >= 0.6 is 12.2 Å². The van der Waals surface area contributed by atoms with Crippen molar-refractivity contribution < 1.29 is 23.8 Å². The summed E-state index contributed by atoms with van der Waals surface area (Å²) < 4.78 is 16.0. The Morgan fingerprint density at radius 3 is 2.20 bits per heavy atom. The summed E-state index contributed by atoms with van der Waals surface area (Å²) >= 11 is 5.83. The largest absolute Gasteiger partial charge is 0.497 e. The molecule has 3 aromatic rings. The quantitative estimate of drug-likeness (QED) is 0.346. The summed E-state index contributed by atoms with van der Waals surface area (Å²) in [5.74, 6) is 1.43. The van der Waals surface area contributed by atoms with Crippen LogP contribution in [-0.4, -0.2) is 69.8 Å². The van der Waals surface area contributed by atoms with Crippen molar-refractivity contribution in [2.24, 2.45) is 0 Å². The second-order valence-electron chi connectivity index (χ2n) is 9.50. The van der Waals surface area contributed by atoms with Crippen LogP contribution in [-0.2, 0) is 16.0 Å². The molecule has 1 aliphatic heterocycles. The van der Waals surface area contributed by atoms with Gasteiger partial charge in [-0.25, -0.2) is 0 Å². The predicted molar refractivity (Wildman–Crippen MR) is 161 cm³/mol. The first-order chi connectivity index (χ1) is 19.2. The lowest BCUT2D eigenvalue weighted by molar-refractivity contribution is -0.124. The van der Waals surface area contributed by atoms with E-state index in [9.17, 15) is 9.59 Å². The van der Waals surface area contributed by atoms with Crippen molar-refractivity contribution in [1.82, 2.24) is 4.90 Å². The molecule has 210 valence electrons. The van der Waals surface area contributed by atoms with Crippen molar-refractivity contribution in [3.05, 3.63) is 72.3 Å². The number of thiocarbonyl (C=S) groups is 1. The van der Waals surface area contributed by atoms with E-state index in [1.165, 1.54) is 4.90 Å². The highest BCUT2D eigenvalue weighted by molar-refractivity contribution is 7.80. The Morgan fingerprint density at radius 2 is 1.60 bits per heavy atom. The third-order valence-electron chi connectivity index (χ3n) is 6.78. The molecule has 0 bridgehead atoms. The first kappa shape index (κ1) is 28.7. The van der Waals surface area contributed by atoms with Gasteiger partial charge in [-0.3, -0.25) is 14.5 Å². The van der Waals surface area contributed by atoms with E-state index in [1.54, 1.807) is 45.6 Å². The lowest BCUT2D eigenvalue weighted by Crippen LogP contribution is -2.39. The molecule has 0 radical (unpaired) electrons. The van der Waals surface area contributed by atoms with Gasteiger partial charge in [0.1, 0.15) is 11.8 Å². The summed E-state index contributed by atoms with van der Waals surface area (Å²) in [4.78, 5) is 32.2. The van der Waals surface area contributed by atoms with Gasteiger partial charge in [0.2, 0.25) is 5.91 Å². The molecule has 10 heteroatoms. The number of nitrogens with one attached hydrogen (secondary N) is 1. The van der Waals surface area contributed by atoms with Crippen molar-refractivity contribution >= 4 is 46.2 Å². The molecule has 1 heterocycles. The third-order valence-corrected chi connectivity index (χ3v) is 7.20. The van der Waals surface area contributed by atoms with E-state index in [2.05, 4.69) is 5.32 Å². The number of methoxy groups -OCH3 is 3. The van der Waals surface area contributed by atoms with Gasteiger partial charge < -0.3 is 29.3 Å². The van der Waals surface area contributed by atoms with Gasteiger partial charge in [0.25, 0.3) is 5.91 Å². The molecule has 1 aliphatic rings. The average molecular weight is 563 g/mol.